The van der Waals surface area contributed by atoms with Crippen LogP contribution in [0.15, 0.2) is 59.4 Å². The van der Waals surface area contributed by atoms with Crippen LogP contribution in [0.4, 0.5) is 10.5 Å². The first-order chi connectivity index (χ1) is 14.9. The molecule has 0 radical (unpaired) electrons. The molecule has 1 aromatic heterocycles. The first kappa shape index (κ1) is 21.6. The summed E-state index contributed by atoms with van der Waals surface area (Å²) in [4.78, 5) is 39.3. The third-order valence-electron chi connectivity index (χ3n) is 4.66. The number of H-pyrrole nitrogens is 1. The Labute approximate surface area is 179 Å². The largest absolute Gasteiger partial charge is 0.508 e. The number of carbonyl (C=O) groups excluding carboxylic acids is 2. The fourth-order valence-electron chi connectivity index (χ4n) is 3.04. The number of urea groups is 1. The average Bonchev–Trinajstić information content (AvgIpc) is 2.74. The lowest BCUT2D eigenvalue weighted by Crippen LogP contribution is -2.34. The van der Waals surface area contributed by atoms with Gasteiger partial charge >= 0.3 is 6.03 Å². The highest BCUT2D eigenvalue weighted by Crippen LogP contribution is 2.24. The molecule has 5 N–H and O–H groups in total. The van der Waals surface area contributed by atoms with Gasteiger partial charge in [-0.25, -0.2) is 4.79 Å². The quantitative estimate of drug-likeness (QED) is 0.420. The Bertz CT molecular complexity index is 1140. The minimum absolute atomic E-state index is 0.0179. The number of hydrogen-bond donors (Lipinski definition) is 5. The highest BCUT2D eigenvalue weighted by molar-refractivity contribution is 6.04. The summed E-state index contributed by atoms with van der Waals surface area (Å²) in [7, 11) is 0. The summed E-state index contributed by atoms with van der Waals surface area (Å²) in [5, 5.41) is 17.6. The fourth-order valence-corrected chi connectivity index (χ4v) is 3.04. The van der Waals surface area contributed by atoms with Crippen molar-refractivity contribution in [1.29, 1.82) is 0 Å². The van der Waals surface area contributed by atoms with E-state index in [4.69, 9.17) is 0 Å². The van der Waals surface area contributed by atoms with Crippen molar-refractivity contribution in [1.82, 2.24) is 15.6 Å². The van der Waals surface area contributed by atoms with Crippen LogP contribution in [0.5, 0.6) is 5.75 Å². The molecule has 0 saturated heterocycles. The summed E-state index contributed by atoms with van der Waals surface area (Å²) in [6.45, 7) is 4.49. The summed E-state index contributed by atoms with van der Waals surface area (Å²) in [5.74, 6) is -0.400. The van der Waals surface area contributed by atoms with Crippen LogP contribution in [0, 0.1) is 6.92 Å². The van der Waals surface area contributed by atoms with E-state index in [2.05, 4.69) is 20.9 Å². The monoisotopic (exact) mass is 420 g/mol. The third-order valence-corrected chi connectivity index (χ3v) is 4.66. The standard InChI is InChI=1S/C23H24N4O4/c1-3-24-23(31)25-13-15-4-8-17(9-5-15)27-22(30)20-12-19(14(2)26-21(20)29)16-6-10-18(28)11-7-16/h4-12,28H,3,13H2,1-2H3,(H,26,29)(H,27,30)(H2,24,25,31). The second-order valence-electron chi connectivity index (χ2n) is 6.96. The third kappa shape index (κ3) is 5.51. The topological polar surface area (TPSA) is 123 Å². The smallest absolute Gasteiger partial charge is 0.315 e. The second kappa shape index (κ2) is 9.62. The maximum absolute atomic E-state index is 12.7. The van der Waals surface area contributed by atoms with E-state index in [1.54, 1.807) is 61.5 Å². The molecule has 8 heteroatoms. The molecule has 0 aliphatic heterocycles. The number of aromatic nitrogens is 1. The van der Waals surface area contributed by atoms with E-state index in [0.717, 1.165) is 11.1 Å². The van der Waals surface area contributed by atoms with Gasteiger partial charge in [0.1, 0.15) is 11.3 Å². The number of phenolic OH excluding ortho intramolecular Hbond substituents is 1. The van der Waals surface area contributed by atoms with E-state index in [9.17, 15) is 19.5 Å². The van der Waals surface area contributed by atoms with E-state index in [1.807, 2.05) is 6.92 Å². The minimum atomic E-state index is -0.533. The highest BCUT2D eigenvalue weighted by atomic mass is 16.3. The number of hydrogen-bond acceptors (Lipinski definition) is 4. The Balaban J connectivity index is 1.74. The molecule has 160 valence electrons. The van der Waals surface area contributed by atoms with E-state index < -0.39 is 11.5 Å². The number of amides is 3. The molecule has 3 amide bonds. The van der Waals surface area contributed by atoms with Gasteiger partial charge in [0.05, 0.1) is 0 Å². The summed E-state index contributed by atoms with van der Waals surface area (Å²) >= 11 is 0. The number of benzene rings is 2. The molecule has 0 fully saturated rings. The molecular formula is C23H24N4O4. The zero-order chi connectivity index (χ0) is 22.4. The van der Waals surface area contributed by atoms with Gasteiger partial charge in [0.2, 0.25) is 0 Å². The van der Waals surface area contributed by atoms with Gasteiger partial charge in [0.15, 0.2) is 0 Å². The van der Waals surface area contributed by atoms with E-state index in [-0.39, 0.29) is 17.3 Å². The Morgan fingerprint density at radius 3 is 2.32 bits per heavy atom. The van der Waals surface area contributed by atoms with Gasteiger partial charge in [0.25, 0.3) is 11.5 Å². The van der Waals surface area contributed by atoms with Crippen LogP contribution in [0.2, 0.25) is 0 Å². The van der Waals surface area contributed by atoms with Crippen molar-refractivity contribution < 1.29 is 14.7 Å². The fraction of sp³-hybridized carbons (Fsp3) is 0.174. The Morgan fingerprint density at radius 1 is 1.00 bits per heavy atom. The summed E-state index contributed by atoms with van der Waals surface area (Å²) in [5.41, 5.74) is 2.97. The Hall–Kier alpha value is -4.07. The number of aromatic amines is 1. The van der Waals surface area contributed by atoms with E-state index >= 15 is 0 Å². The summed E-state index contributed by atoms with van der Waals surface area (Å²) < 4.78 is 0. The number of aromatic hydroxyl groups is 1. The van der Waals surface area contributed by atoms with Crippen LogP contribution in [0.25, 0.3) is 11.1 Å². The molecule has 8 nitrogen and oxygen atoms in total. The lowest BCUT2D eigenvalue weighted by atomic mass is 10.0. The van der Waals surface area contributed by atoms with Crippen molar-refractivity contribution in [2.24, 2.45) is 0 Å². The molecule has 0 saturated carbocycles. The zero-order valence-electron chi connectivity index (χ0n) is 17.3. The second-order valence-corrected chi connectivity index (χ2v) is 6.96. The van der Waals surface area contributed by atoms with Gasteiger partial charge in [-0.1, -0.05) is 24.3 Å². The molecule has 0 bridgehead atoms. The molecule has 0 aliphatic carbocycles. The number of aryl methyl sites for hydroxylation is 1. The van der Waals surface area contributed by atoms with Crippen LogP contribution in [0.3, 0.4) is 0 Å². The predicted octanol–water partition coefficient (Wildman–Crippen LogP) is 3.13. The molecule has 0 spiro atoms. The molecule has 0 unspecified atom stereocenters. The van der Waals surface area contributed by atoms with Gasteiger partial charge in [-0.2, -0.15) is 0 Å². The van der Waals surface area contributed by atoms with E-state index in [1.165, 1.54) is 0 Å². The molecular weight excluding hydrogens is 396 g/mol. The average molecular weight is 420 g/mol. The maximum Gasteiger partial charge on any atom is 0.315 e. The SMILES string of the molecule is CCNC(=O)NCc1ccc(NC(=O)c2cc(-c3ccc(O)cc3)c(C)[nH]c2=O)cc1. The van der Waals surface area contributed by atoms with Crippen molar-refractivity contribution in [3.8, 4) is 16.9 Å². The van der Waals surface area contributed by atoms with Gasteiger partial charge in [-0.05, 0) is 55.3 Å². The molecule has 1 heterocycles. The first-order valence-corrected chi connectivity index (χ1v) is 9.82. The molecule has 31 heavy (non-hydrogen) atoms. The van der Waals surface area contributed by atoms with Crippen LogP contribution < -0.4 is 21.5 Å². The molecule has 3 rings (SSSR count). The van der Waals surface area contributed by atoms with Gasteiger partial charge < -0.3 is 26.0 Å². The van der Waals surface area contributed by atoms with Gasteiger partial charge in [0, 0.05) is 30.0 Å². The Morgan fingerprint density at radius 2 is 1.68 bits per heavy atom. The lowest BCUT2D eigenvalue weighted by Gasteiger charge is -2.10. The van der Waals surface area contributed by atoms with E-state index in [0.29, 0.717) is 30.0 Å². The summed E-state index contributed by atoms with van der Waals surface area (Å²) in [6.07, 6.45) is 0. The first-order valence-electron chi connectivity index (χ1n) is 9.82. The Kier molecular flexibility index (Phi) is 6.71. The molecule has 0 atom stereocenters. The van der Waals surface area contributed by atoms with Crippen LogP contribution in [-0.4, -0.2) is 28.6 Å². The van der Waals surface area contributed by atoms with Crippen LogP contribution >= 0.6 is 0 Å². The number of nitrogens with one attached hydrogen (secondary N) is 4. The molecule has 3 aromatic rings. The predicted molar refractivity (Wildman–Crippen MR) is 119 cm³/mol. The number of pyridine rings is 1. The molecule has 0 aliphatic rings. The normalized spacial score (nSPS) is 10.4. The van der Waals surface area contributed by atoms with Crippen molar-refractivity contribution in [2.45, 2.75) is 20.4 Å². The number of carbonyl (C=O) groups is 2. The minimum Gasteiger partial charge on any atom is -0.508 e. The number of rotatable bonds is 6. The highest BCUT2D eigenvalue weighted by Gasteiger charge is 2.15. The number of phenols is 1. The van der Waals surface area contributed by atoms with Crippen molar-refractivity contribution in [2.75, 3.05) is 11.9 Å². The lowest BCUT2D eigenvalue weighted by molar-refractivity contribution is 0.102. The van der Waals surface area contributed by atoms with Crippen LogP contribution in [-0.2, 0) is 6.54 Å². The molecule has 2 aromatic carbocycles. The number of anilines is 1. The van der Waals surface area contributed by atoms with Crippen LogP contribution in [0.1, 0.15) is 28.5 Å². The van der Waals surface area contributed by atoms with Crippen molar-refractivity contribution in [3.63, 3.8) is 0 Å². The summed E-state index contributed by atoms with van der Waals surface area (Å²) in [6, 6.07) is 14.8. The van der Waals surface area contributed by atoms with Crippen molar-refractivity contribution >= 4 is 17.6 Å². The van der Waals surface area contributed by atoms with Gasteiger partial charge in [-0.3, -0.25) is 9.59 Å². The zero-order valence-corrected chi connectivity index (χ0v) is 17.3. The van der Waals surface area contributed by atoms with Crippen molar-refractivity contribution in [3.05, 3.63) is 81.8 Å². The maximum atomic E-state index is 12.7. The van der Waals surface area contributed by atoms with Gasteiger partial charge in [-0.15, -0.1) is 0 Å².